The van der Waals surface area contributed by atoms with Crippen LogP contribution in [0.15, 0.2) is 24.3 Å². The van der Waals surface area contributed by atoms with Crippen molar-refractivity contribution in [3.63, 3.8) is 0 Å². The van der Waals surface area contributed by atoms with E-state index in [-0.39, 0.29) is 24.2 Å². The van der Waals surface area contributed by atoms with Crippen LogP contribution >= 0.6 is 24.2 Å². The maximum absolute atomic E-state index is 13.3. The van der Waals surface area contributed by atoms with Crippen LogP contribution in [0.25, 0.3) is 0 Å². The van der Waals surface area contributed by atoms with E-state index in [2.05, 4.69) is 17.3 Å². The summed E-state index contributed by atoms with van der Waals surface area (Å²) in [6.07, 6.45) is 7.41. The first-order valence-electron chi connectivity index (χ1n) is 11.4. The lowest BCUT2D eigenvalue weighted by Gasteiger charge is -2.40. The first kappa shape index (κ1) is 26.8. The summed E-state index contributed by atoms with van der Waals surface area (Å²) in [5, 5.41) is 2.99. The molecule has 32 heavy (non-hydrogen) atoms. The summed E-state index contributed by atoms with van der Waals surface area (Å²) in [7, 11) is 3.80. The van der Waals surface area contributed by atoms with E-state index in [1.165, 1.54) is 25.9 Å². The highest BCUT2D eigenvalue weighted by atomic mass is 35.5. The molecule has 1 N–H and O–H groups in total. The summed E-state index contributed by atoms with van der Waals surface area (Å²) < 4.78 is 5.16. The van der Waals surface area contributed by atoms with Crippen LogP contribution in [0.1, 0.15) is 42.5 Å². The van der Waals surface area contributed by atoms with Crippen LogP contribution in [-0.2, 0) is 4.79 Å². The van der Waals surface area contributed by atoms with Crippen LogP contribution in [0.5, 0.6) is 5.75 Å². The van der Waals surface area contributed by atoms with E-state index in [1.807, 2.05) is 11.2 Å². The number of thioether (sulfide) groups is 1. The van der Waals surface area contributed by atoms with Gasteiger partial charge in [0.2, 0.25) is 5.91 Å². The van der Waals surface area contributed by atoms with Gasteiger partial charge < -0.3 is 19.9 Å². The van der Waals surface area contributed by atoms with E-state index in [0.717, 1.165) is 43.5 Å². The molecular weight excluding hydrogens is 446 g/mol. The monoisotopic (exact) mass is 483 g/mol. The van der Waals surface area contributed by atoms with E-state index >= 15 is 0 Å². The Morgan fingerprint density at radius 1 is 1.06 bits per heavy atom. The smallest absolute Gasteiger partial charge is 0.251 e. The van der Waals surface area contributed by atoms with Crippen LogP contribution in [-0.4, -0.2) is 80.0 Å². The highest BCUT2D eigenvalue weighted by molar-refractivity contribution is 7.98. The number of nitrogens with one attached hydrogen (secondary N) is 1. The molecule has 0 aromatic heterocycles. The van der Waals surface area contributed by atoms with Gasteiger partial charge in [-0.3, -0.25) is 9.59 Å². The molecule has 2 aliphatic rings. The minimum Gasteiger partial charge on any atom is -0.497 e. The zero-order valence-corrected chi connectivity index (χ0v) is 21.2. The molecule has 0 unspecified atom stereocenters. The lowest BCUT2D eigenvalue weighted by Crippen LogP contribution is -2.51. The van der Waals surface area contributed by atoms with Crippen LogP contribution in [0.2, 0.25) is 0 Å². The fourth-order valence-corrected chi connectivity index (χ4v) is 5.26. The molecule has 8 heteroatoms. The molecule has 0 bridgehead atoms. The SMILES string of the molecule is COc1ccc(C(=O)N[C@H](CCSC)C(=O)N2CCC(C3CCN(C)CC3)CC2)cc1.Cl. The average Bonchev–Trinajstić information content (AvgIpc) is 2.82. The predicted octanol–water partition coefficient (Wildman–Crippen LogP) is 3.55. The number of nitrogens with zero attached hydrogens (tertiary/aromatic N) is 2. The zero-order valence-electron chi connectivity index (χ0n) is 19.5. The third kappa shape index (κ3) is 7.29. The van der Waals surface area contributed by atoms with Crippen molar-refractivity contribution < 1.29 is 14.3 Å². The standard InChI is InChI=1S/C24H37N3O3S.ClH/c1-26-13-8-18(9-14-26)19-10-15-27(16-11-19)24(29)22(12-17-31-3)25-23(28)20-4-6-21(30-2)7-5-20;/h4-7,18-19,22H,8-17H2,1-3H3,(H,25,28);1H/t22-;/m1./s1. The molecule has 0 spiro atoms. The van der Waals surface area contributed by atoms with Crippen molar-refractivity contribution >= 4 is 36.0 Å². The van der Waals surface area contributed by atoms with Gasteiger partial charge in [0.25, 0.3) is 5.91 Å². The van der Waals surface area contributed by atoms with Gasteiger partial charge in [-0.05, 0) is 100 Å². The number of hydrogen-bond acceptors (Lipinski definition) is 5. The molecule has 2 fully saturated rings. The fraction of sp³-hybridized carbons (Fsp3) is 0.667. The molecule has 6 nitrogen and oxygen atoms in total. The van der Waals surface area contributed by atoms with Crippen LogP contribution < -0.4 is 10.1 Å². The topological polar surface area (TPSA) is 61.9 Å². The van der Waals surface area contributed by atoms with Crippen molar-refractivity contribution in [2.45, 2.75) is 38.1 Å². The summed E-state index contributed by atoms with van der Waals surface area (Å²) in [5.74, 6) is 2.94. The molecule has 2 aliphatic heterocycles. The Balaban J connectivity index is 0.00000363. The van der Waals surface area contributed by atoms with Gasteiger partial charge in [-0.2, -0.15) is 11.8 Å². The molecule has 1 atom stereocenters. The van der Waals surface area contributed by atoms with Crippen molar-refractivity contribution in [1.29, 1.82) is 0 Å². The molecule has 0 saturated carbocycles. The first-order chi connectivity index (χ1) is 15.0. The lowest BCUT2D eigenvalue weighted by molar-refractivity contribution is -0.135. The minimum atomic E-state index is -0.470. The number of piperidine rings is 2. The van der Waals surface area contributed by atoms with Gasteiger partial charge in [0.15, 0.2) is 0 Å². The van der Waals surface area contributed by atoms with Crippen LogP contribution in [0, 0.1) is 11.8 Å². The fourth-order valence-electron chi connectivity index (χ4n) is 4.79. The number of rotatable bonds is 8. The minimum absolute atomic E-state index is 0. The van der Waals surface area contributed by atoms with Gasteiger partial charge >= 0.3 is 0 Å². The zero-order chi connectivity index (χ0) is 22.2. The van der Waals surface area contributed by atoms with E-state index < -0.39 is 6.04 Å². The number of likely N-dealkylation sites (tertiary alicyclic amines) is 2. The molecule has 1 aromatic rings. The number of carbonyl (C=O) groups is 2. The highest BCUT2D eigenvalue weighted by Crippen LogP contribution is 2.32. The summed E-state index contributed by atoms with van der Waals surface area (Å²) in [6.45, 7) is 4.00. The molecule has 180 valence electrons. The Hall–Kier alpha value is -1.44. The number of halogens is 1. The van der Waals surface area contributed by atoms with Crippen molar-refractivity contribution in [1.82, 2.24) is 15.1 Å². The maximum atomic E-state index is 13.3. The van der Waals surface area contributed by atoms with E-state index in [9.17, 15) is 9.59 Å². The van der Waals surface area contributed by atoms with Crippen LogP contribution in [0.4, 0.5) is 0 Å². The highest BCUT2D eigenvalue weighted by Gasteiger charge is 2.33. The van der Waals surface area contributed by atoms with Crippen molar-refractivity contribution in [2.24, 2.45) is 11.8 Å². The molecule has 0 aliphatic carbocycles. The van der Waals surface area contributed by atoms with Crippen molar-refractivity contribution in [2.75, 3.05) is 52.3 Å². The molecule has 1 aromatic carbocycles. The summed E-state index contributed by atoms with van der Waals surface area (Å²) in [6, 6.07) is 6.53. The quantitative estimate of drug-likeness (QED) is 0.612. The largest absolute Gasteiger partial charge is 0.497 e. The second-order valence-electron chi connectivity index (χ2n) is 8.84. The molecule has 3 rings (SSSR count). The summed E-state index contributed by atoms with van der Waals surface area (Å²) in [4.78, 5) is 30.4. The molecule has 2 amide bonds. The average molecular weight is 484 g/mol. The van der Waals surface area contributed by atoms with Gasteiger partial charge in [0.05, 0.1) is 7.11 Å². The number of carbonyl (C=O) groups excluding carboxylic acids is 2. The van der Waals surface area contributed by atoms with Gasteiger partial charge in [0.1, 0.15) is 11.8 Å². The predicted molar refractivity (Wildman–Crippen MR) is 134 cm³/mol. The third-order valence-electron chi connectivity index (χ3n) is 6.85. The number of benzene rings is 1. The normalized spacial score (nSPS) is 19.2. The van der Waals surface area contributed by atoms with Crippen LogP contribution in [0.3, 0.4) is 0 Å². The Morgan fingerprint density at radius 3 is 2.16 bits per heavy atom. The molecular formula is C24H38ClN3O3S. The van der Waals surface area contributed by atoms with Gasteiger partial charge in [-0.25, -0.2) is 0 Å². The molecule has 0 radical (unpaired) electrons. The Kier molecular flexibility index (Phi) is 11.2. The van der Waals surface area contributed by atoms with E-state index in [0.29, 0.717) is 17.7 Å². The van der Waals surface area contributed by atoms with Gasteiger partial charge in [-0.1, -0.05) is 0 Å². The number of ether oxygens (including phenoxy) is 1. The third-order valence-corrected chi connectivity index (χ3v) is 7.49. The number of methoxy groups -OCH3 is 1. The maximum Gasteiger partial charge on any atom is 0.251 e. The van der Waals surface area contributed by atoms with Gasteiger partial charge in [0, 0.05) is 18.7 Å². The lowest BCUT2D eigenvalue weighted by atomic mass is 9.79. The summed E-state index contributed by atoms with van der Waals surface area (Å²) >= 11 is 1.70. The first-order valence-corrected chi connectivity index (χ1v) is 12.8. The second kappa shape index (κ2) is 13.3. The Morgan fingerprint density at radius 2 is 1.62 bits per heavy atom. The van der Waals surface area contributed by atoms with Gasteiger partial charge in [-0.15, -0.1) is 12.4 Å². The van der Waals surface area contributed by atoms with Crippen molar-refractivity contribution in [3.8, 4) is 5.75 Å². The Labute approximate surface area is 203 Å². The number of amides is 2. The summed E-state index contributed by atoms with van der Waals surface area (Å²) in [5.41, 5.74) is 0.545. The Bertz CT molecular complexity index is 718. The molecule has 2 saturated heterocycles. The van der Waals surface area contributed by atoms with E-state index in [1.54, 1.807) is 43.1 Å². The van der Waals surface area contributed by atoms with Crippen molar-refractivity contribution in [3.05, 3.63) is 29.8 Å². The second-order valence-corrected chi connectivity index (χ2v) is 9.83. The van der Waals surface area contributed by atoms with E-state index in [4.69, 9.17) is 4.74 Å². The molecule has 2 heterocycles. The number of hydrogen-bond donors (Lipinski definition) is 1.